The predicted molar refractivity (Wildman–Crippen MR) is 99.2 cm³/mol. The lowest BCUT2D eigenvalue weighted by molar-refractivity contribution is 0.00885. The summed E-state index contributed by atoms with van der Waals surface area (Å²) in [4.78, 5) is 28.1. The number of likely N-dealkylation sites (tertiary alicyclic amines) is 2. The van der Waals surface area contributed by atoms with E-state index in [0.29, 0.717) is 32.5 Å². The van der Waals surface area contributed by atoms with Crippen LogP contribution in [-0.2, 0) is 16.0 Å². The Morgan fingerprint density at radius 3 is 2.67 bits per heavy atom. The van der Waals surface area contributed by atoms with Gasteiger partial charge in [-0.15, -0.1) is 0 Å². The first kappa shape index (κ1) is 18.1. The van der Waals surface area contributed by atoms with Crippen LogP contribution in [-0.4, -0.2) is 66.4 Å². The van der Waals surface area contributed by atoms with Crippen molar-refractivity contribution in [2.75, 3.05) is 32.8 Å². The molecule has 1 atom stereocenters. The van der Waals surface area contributed by atoms with Crippen LogP contribution in [0.5, 0.6) is 0 Å². The number of cyclic esters (lactones) is 1. The van der Waals surface area contributed by atoms with Crippen molar-refractivity contribution in [2.24, 2.45) is 0 Å². The van der Waals surface area contributed by atoms with E-state index >= 15 is 0 Å². The summed E-state index contributed by atoms with van der Waals surface area (Å²) >= 11 is 0. The average Bonchev–Trinajstić information content (AvgIpc) is 3.03. The van der Waals surface area contributed by atoms with Gasteiger partial charge in [0.25, 0.3) is 0 Å². The highest BCUT2D eigenvalue weighted by Gasteiger charge is 2.45. The summed E-state index contributed by atoms with van der Waals surface area (Å²) in [6.07, 6.45) is 2.79. The third-order valence-corrected chi connectivity index (χ3v) is 5.80. The number of benzene rings is 1. The first-order valence-electron chi connectivity index (χ1n) is 9.79. The number of nitrogens with one attached hydrogen (secondary N) is 1. The second kappa shape index (κ2) is 7.76. The first-order chi connectivity index (χ1) is 13.1. The number of amides is 2. The Morgan fingerprint density at radius 2 is 1.96 bits per heavy atom. The van der Waals surface area contributed by atoms with Gasteiger partial charge >= 0.3 is 12.2 Å². The van der Waals surface area contributed by atoms with Crippen molar-refractivity contribution < 1.29 is 19.1 Å². The summed E-state index contributed by atoms with van der Waals surface area (Å²) < 4.78 is 10.3. The Hall–Kier alpha value is -2.28. The van der Waals surface area contributed by atoms with E-state index in [2.05, 4.69) is 34.5 Å². The van der Waals surface area contributed by atoms with Gasteiger partial charge in [-0.25, -0.2) is 9.59 Å². The lowest BCUT2D eigenvalue weighted by atomic mass is 9.92. The minimum Gasteiger partial charge on any atom is -0.430 e. The molecule has 1 aromatic carbocycles. The predicted octanol–water partition coefficient (Wildman–Crippen LogP) is 2.36. The topological polar surface area (TPSA) is 71.1 Å². The van der Waals surface area contributed by atoms with Crippen LogP contribution >= 0.6 is 0 Å². The standard InChI is InChI=1S/C20H27N3O4/c24-18(23-11-8-20(9-12-23)15-26-19(25)27-20)21-17-7-4-10-22(14-17)13-16-5-2-1-3-6-16/h1-3,5-6,17H,4,7-15H2,(H,21,24)/t17-/m0/s1. The molecule has 4 rings (SSSR count). The van der Waals surface area contributed by atoms with Crippen LogP contribution < -0.4 is 5.32 Å². The second-order valence-corrected chi connectivity index (χ2v) is 7.82. The molecule has 27 heavy (non-hydrogen) atoms. The van der Waals surface area contributed by atoms with Gasteiger partial charge in [-0.2, -0.15) is 0 Å². The molecule has 0 radical (unpaired) electrons. The number of carbonyl (C=O) groups excluding carboxylic acids is 2. The van der Waals surface area contributed by atoms with E-state index in [4.69, 9.17) is 9.47 Å². The highest BCUT2D eigenvalue weighted by atomic mass is 16.8. The zero-order valence-electron chi connectivity index (χ0n) is 15.6. The van der Waals surface area contributed by atoms with E-state index in [1.54, 1.807) is 0 Å². The van der Waals surface area contributed by atoms with Crippen molar-refractivity contribution in [2.45, 2.75) is 43.9 Å². The van der Waals surface area contributed by atoms with Crippen LogP contribution in [0.1, 0.15) is 31.2 Å². The molecule has 3 heterocycles. The van der Waals surface area contributed by atoms with Crippen molar-refractivity contribution in [3.8, 4) is 0 Å². The van der Waals surface area contributed by atoms with Crippen molar-refractivity contribution in [3.05, 3.63) is 35.9 Å². The molecule has 7 nitrogen and oxygen atoms in total. The molecule has 0 aromatic heterocycles. The van der Waals surface area contributed by atoms with Gasteiger partial charge < -0.3 is 19.7 Å². The zero-order valence-corrected chi connectivity index (χ0v) is 15.6. The average molecular weight is 373 g/mol. The molecule has 2 amide bonds. The summed E-state index contributed by atoms with van der Waals surface area (Å²) in [5.74, 6) is 0. The SMILES string of the molecule is O=C1OCC2(CCN(C(=O)N[C@H]3CCCN(Cc4ccccc4)C3)CC2)O1. The van der Waals surface area contributed by atoms with E-state index in [-0.39, 0.29) is 12.1 Å². The van der Waals surface area contributed by atoms with Crippen LogP contribution in [0, 0.1) is 0 Å². The minimum absolute atomic E-state index is 0.0124. The Labute approximate surface area is 159 Å². The van der Waals surface area contributed by atoms with Gasteiger partial charge in [0.05, 0.1) is 0 Å². The number of hydrogen-bond donors (Lipinski definition) is 1. The van der Waals surface area contributed by atoms with E-state index in [0.717, 1.165) is 32.5 Å². The Bertz CT molecular complexity index is 673. The molecule has 0 saturated carbocycles. The Morgan fingerprint density at radius 1 is 1.19 bits per heavy atom. The van der Waals surface area contributed by atoms with Crippen LogP contribution in [0.15, 0.2) is 30.3 Å². The smallest absolute Gasteiger partial charge is 0.430 e. The third kappa shape index (κ3) is 4.35. The van der Waals surface area contributed by atoms with E-state index < -0.39 is 11.8 Å². The molecule has 146 valence electrons. The van der Waals surface area contributed by atoms with E-state index in [1.807, 2.05) is 11.0 Å². The molecule has 3 fully saturated rings. The van der Waals surface area contributed by atoms with Crippen LogP contribution in [0.3, 0.4) is 0 Å². The second-order valence-electron chi connectivity index (χ2n) is 7.82. The van der Waals surface area contributed by atoms with Gasteiger partial charge in [0.2, 0.25) is 0 Å². The molecule has 0 unspecified atom stereocenters. The fourth-order valence-corrected chi connectivity index (χ4v) is 4.21. The molecule has 1 spiro atoms. The number of nitrogens with zero attached hydrogens (tertiary/aromatic N) is 2. The van der Waals surface area contributed by atoms with Crippen molar-refractivity contribution in [1.82, 2.24) is 15.1 Å². The zero-order chi connectivity index (χ0) is 18.7. The molecule has 3 saturated heterocycles. The Kier molecular flexibility index (Phi) is 5.20. The Balaban J connectivity index is 1.25. The molecular weight excluding hydrogens is 346 g/mol. The maximum absolute atomic E-state index is 12.7. The van der Waals surface area contributed by atoms with Crippen LogP contribution in [0.25, 0.3) is 0 Å². The number of carbonyl (C=O) groups is 2. The summed E-state index contributed by atoms with van der Waals surface area (Å²) in [5, 5.41) is 3.20. The maximum atomic E-state index is 12.7. The molecule has 1 aromatic rings. The summed E-state index contributed by atoms with van der Waals surface area (Å²) in [5.41, 5.74) is 0.782. The lowest BCUT2D eigenvalue weighted by Crippen LogP contribution is -2.55. The maximum Gasteiger partial charge on any atom is 0.509 e. The van der Waals surface area contributed by atoms with Crippen molar-refractivity contribution in [3.63, 3.8) is 0 Å². The first-order valence-corrected chi connectivity index (χ1v) is 9.79. The number of hydrogen-bond acceptors (Lipinski definition) is 5. The van der Waals surface area contributed by atoms with Gasteiger partial charge in [-0.05, 0) is 24.9 Å². The number of piperidine rings is 2. The van der Waals surface area contributed by atoms with Gasteiger partial charge in [-0.1, -0.05) is 30.3 Å². The summed E-state index contributed by atoms with van der Waals surface area (Å²) in [7, 11) is 0. The molecule has 0 bridgehead atoms. The molecule has 3 aliphatic heterocycles. The van der Waals surface area contributed by atoms with E-state index in [1.165, 1.54) is 5.56 Å². The fraction of sp³-hybridized carbons (Fsp3) is 0.600. The highest BCUT2D eigenvalue weighted by molar-refractivity contribution is 5.74. The minimum atomic E-state index is -0.589. The fourth-order valence-electron chi connectivity index (χ4n) is 4.21. The molecule has 3 aliphatic rings. The van der Waals surface area contributed by atoms with Crippen LogP contribution in [0.4, 0.5) is 9.59 Å². The van der Waals surface area contributed by atoms with E-state index in [9.17, 15) is 9.59 Å². The van der Waals surface area contributed by atoms with Crippen molar-refractivity contribution >= 4 is 12.2 Å². The van der Waals surface area contributed by atoms with Gasteiger partial charge in [0.1, 0.15) is 6.61 Å². The number of ether oxygens (including phenoxy) is 2. The van der Waals surface area contributed by atoms with Gasteiger partial charge in [0, 0.05) is 45.1 Å². The van der Waals surface area contributed by atoms with Gasteiger partial charge in [-0.3, -0.25) is 4.90 Å². The summed E-state index contributed by atoms with van der Waals surface area (Å²) in [6, 6.07) is 10.6. The lowest BCUT2D eigenvalue weighted by Gasteiger charge is -2.38. The number of urea groups is 1. The summed E-state index contributed by atoms with van der Waals surface area (Å²) in [6.45, 7) is 4.34. The monoisotopic (exact) mass is 373 g/mol. The van der Waals surface area contributed by atoms with Gasteiger partial charge in [0.15, 0.2) is 5.60 Å². The quantitative estimate of drug-likeness (QED) is 0.824. The molecular formula is C20H27N3O4. The van der Waals surface area contributed by atoms with Crippen molar-refractivity contribution in [1.29, 1.82) is 0 Å². The third-order valence-electron chi connectivity index (χ3n) is 5.80. The molecule has 7 heteroatoms. The molecule has 0 aliphatic carbocycles. The highest BCUT2D eigenvalue weighted by Crippen LogP contribution is 2.31. The van der Waals surface area contributed by atoms with Crippen LogP contribution in [0.2, 0.25) is 0 Å². The normalized spacial score (nSPS) is 25.1. The largest absolute Gasteiger partial charge is 0.509 e. The molecule has 1 N–H and O–H groups in total. The number of rotatable bonds is 3.